The average molecular weight is 242 g/mol. The Balaban J connectivity index is 2.03. The van der Waals surface area contributed by atoms with E-state index in [9.17, 15) is 4.79 Å². The first-order valence-corrected chi connectivity index (χ1v) is 6.86. The molecule has 1 aliphatic heterocycles. The molecule has 0 radical (unpaired) electrons. The van der Waals surface area contributed by atoms with E-state index in [-0.39, 0.29) is 6.10 Å². The van der Waals surface area contributed by atoms with Gasteiger partial charge >= 0.3 is 0 Å². The molecule has 1 aliphatic rings. The number of carbonyl (C=O) groups excluding carboxylic acids is 1. The summed E-state index contributed by atoms with van der Waals surface area (Å²) in [6.07, 6.45) is 4.83. The SMILES string of the molecule is CCCCOC(C=O)CCCN1CCNCC1. The lowest BCUT2D eigenvalue weighted by Gasteiger charge is -2.27. The highest BCUT2D eigenvalue weighted by Crippen LogP contribution is 2.04. The maximum Gasteiger partial charge on any atom is 0.148 e. The number of piperazine rings is 1. The lowest BCUT2D eigenvalue weighted by atomic mass is 10.2. The van der Waals surface area contributed by atoms with E-state index in [0.717, 1.165) is 64.7 Å². The Morgan fingerprint density at radius 1 is 1.35 bits per heavy atom. The maximum atomic E-state index is 10.8. The molecule has 0 aromatic rings. The van der Waals surface area contributed by atoms with E-state index in [0.29, 0.717) is 6.61 Å². The van der Waals surface area contributed by atoms with Crippen LogP contribution < -0.4 is 5.32 Å². The zero-order chi connectivity index (χ0) is 12.3. The summed E-state index contributed by atoms with van der Waals surface area (Å²) in [6.45, 7) is 8.36. The zero-order valence-corrected chi connectivity index (χ0v) is 11.0. The monoisotopic (exact) mass is 242 g/mol. The number of carbonyl (C=O) groups is 1. The Bertz CT molecular complexity index is 194. The molecule has 1 rings (SSSR count). The Morgan fingerprint density at radius 2 is 2.12 bits per heavy atom. The van der Waals surface area contributed by atoms with Crippen molar-refractivity contribution in [2.24, 2.45) is 0 Å². The average Bonchev–Trinajstić information content (AvgIpc) is 2.38. The topological polar surface area (TPSA) is 41.6 Å². The number of rotatable bonds is 9. The van der Waals surface area contributed by atoms with Gasteiger partial charge in [0, 0.05) is 32.8 Å². The highest BCUT2D eigenvalue weighted by Gasteiger charge is 2.11. The fourth-order valence-electron chi connectivity index (χ4n) is 2.02. The second kappa shape index (κ2) is 9.57. The van der Waals surface area contributed by atoms with E-state index >= 15 is 0 Å². The van der Waals surface area contributed by atoms with Crippen molar-refractivity contribution in [3.8, 4) is 0 Å². The maximum absolute atomic E-state index is 10.8. The first-order valence-electron chi connectivity index (χ1n) is 6.86. The summed E-state index contributed by atoms with van der Waals surface area (Å²) < 4.78 is 5.52. The summed E-state index contributed by atoms with van der Waals surface area (Å²) in [6, 6.07) is 0. The summed E-state index contributed by atoms with van der Waals surface area (Å²) in [4.78, 5) is 13.3. The number of aldehydes is 1. The van der Waals surface area contributed by atoms with E-state index in [4.69, 9.17) is 4.74 Å². The van der Waals surface area contributed by atoms with Crippen molar-refractivity contribution in [3.63, 3.8) is 0 Å². The third-order valence-corrected chi connectivity index (χ3v) is 3.15. The van der Waals surface area contributed by atoms with E-state index in [1.807, 2.05) is 0 Å². The van der Waals surface area contributed by atoms with Crippen LogP contribution in [-0.4, -0.2) is 56.6 Å². The van der Waals surface area contributed by atoms with Crippen molar-refractivity contribution >= 4 is 6.29 Å². The second-order valence-corrected chi connectivity index (χ2v) is 4.63. The Hall–Kier alpha value is -0.450. The summed E-state index contributed by atoms with van der Waals surface area (Å²) in [5.74, 6) is 0. The first kappa shape index (κ1) is 14.6. The van der Waals surface area contributed by atoms with Crippen molar-refractivity contribution in [3.05, 3.63) is 0 Å². The molecule has 0 aromatic heterocycles. The third kappa shape index (κ3) is 6.76. The minimum absolute atomic E-state index is 0.190. The number of nitrogens with zero attached hydrogens (tertiary/aromatic N) is 1. The zero-order valence-electron chi connectivity index (χ0n) is 11.0. The summed E-state index contributed by atoms with van der Waals surface area (Å²) in [7, 11) is 0. The predicted octanol–water partition coefficient (Wildman–Crippen LogP) is 1.06. The molecule has 100 valence electrons. The van der Waals surface area contributed by atoms with Gasteiger partial charge in [-0.25, -0.2) is 0 Å². The van der Waals surface area contributed by atoms with Gasteiger partial charge in [0.15, 0.2) is 0 Å². The van der Waals surface area contributed by atoms with Crippen LogP contribution in [0.4, 0.5) is 0 Å². The molecule has 1 heterocycles. The van der Waals surface area contributed by atoms with Gasteiger partial charge < -0.3 is 19.7 Å². The van der Waals surface area contributed by atoms with Gasteiger partial charge in [-0.05, 0) is 25.8 Å². The van der Waals surface area contributed by atoms with Crippen LogP contribution >= 0.6 is 0 Å². The Labute approximate surface area is 105 Å². The van der Waals surface area contributed by atoms with Crippen LogP contribution in [0.25, 0.3) is 0 Å². The largest absolute Gasteiger partial charge is 0.371 e. The van der Waals surface area contributed by atoms with Gasteiger partial charge in [-0.1, -0.05) is 13.3 Å². The second-order valence-electron chi connectivity index (χ2n) is 4.63. The molecular weight excluding hydrogens is 216 g/mol. The van der Waals surface area contributed by atoms with Crippen LogP contribution in [0, 0.1) is 0 Å². The Morgan fingerprint density at radius 3 is 2.76 bits per heavy atom. The van der Waals surface area contributed by atoms with Gasteiger partial charge in [0.05, 0.1) is 0 Å². The quantitative estimate of drug-likeness (QED) is 0.485. The van der Waals surface area contributed by atoms with Gasteiger partial charge in [0.1, 0.15) is 12.4 Å². The molecule has 0 aromatic carbocycles. The van der Waals surface area contributed by atoms with Gasteiger partial charge in [0.2, 0.25) is 0 Å². The van der Waals surface area contributed by atoms with Crippen molar-refractivity contribution in [1.82, 2.24) is 10.2 Å². The normalized spacial score (nSPS) is 19.1. The van der Waals surface area contributed by atoms with Crippen LogP contribution in [0.15, 0.2) is 0 Å². The molecule has 0 aliphatic carbocycles. The molecule has 0 saturated carbocycles. The highest BCUT2D eigenvalue weighted by atomic mass is 16.5. The van der Waals surface area contributed by atoms with E-state index in [2.05, 4.69) is 17.1 Å². The molecule has 1 saturated heterocycles. The van der Waals surface area contributed by atoms with E-state index < -0.39 is 0 Å². The number of ether oxygens (including phenoxy) is 1. The molecule has 0 spiro atoms. The molecule has 1 fully saturated rings. The molecule has 0 amide bonds. The number of nitrogens with one attached hydrogen (secondary N) is 1. The summed E-state index contributed by atoms with van der Waals surface area (Å²) in [5.41, 5.74) is 0. The van der Waals surface area contributed by atoms with Crippen LogP contribution in [0.1, 0.15) is 32.6 Å². The van der Waals surface area contributed by atoms with Crippen molar-refractivity contribution < 1.29 is 9.53 Å². The van der Waals surface area contributed by atoms with Gasteiger partial charge in [0.25, 0.3) is 0 Å². The molecule has 1 atom stereocenters. The first-order chi connectivity index (χ1) is 8.36. The van der Waals surface area contributed by atoms with Gasteiger partial charge in [-0.2, -0.15) is 0 Å². The highest BCUT2D eigenvalue weighted by molar-refractivity contribution is 5.55. The third-order valence-electron chi connectivity index (χ3n) is 3.15. The van der Waals surface area contributed by atoms with Crippen molar-refractivity contribution in [2.45, 2.75) is 38.7 Å². The Kier molecular flexibility index (Phi) is 8.22. The lowest BCUT2D eigenvalue weighted by molar-refractivity contribution is -0.118. The molecule has 17 heavy (non-hydrogen) atoms. The minimum atomic E-state index is -0.190. The predicted molar refractivity (Wildman–Crippen MR) is 69.3 cm³/mol. The van der Waals surface area contributed by atoms with E-state index in [1.54, 1.807) is 0 Å². The fourth-order valence-corrected chi connectivity index (χ4v) is 2.02. The van der Waals surface area contributed by atoms with Crippen LogP contribution in [0.5, 0.6) is 0 Å². The molecule has 4 heteroatoms. The molecule has 1 N–H and O–H groups in total. The van der Waals surface area contributed by atoms with Gasteiger partial charge in [-0.3, -0.25) is 0 Å². The fraction of sp³-hybridized carbons (Fsp3) is 0.923. The van der Waals surface area contributed by atoms with Crippen LogP contribution in [0.2, 0.25) is 0 Å². The van der Waals surface area contributed by atoms with Crippen LogP contribution in [0.3, 0.4) is 0 Å². The number of hydrogen-bond donors (Lipinski definition) is 1. The molecule has 0 bridgehead atoms. The number of unbranched alkanes of at least 4 members (excludes halogenated alkanes) is 1. The molecule has 4 nitrogen and oxygen atoms in total. The standard InChI is InChI=1S/C13H26N2O2/c1-2-3-11-17-13(12-16)5-4-8-15-9-6-14-7-10-15/h12-14H,2-11H2,1H3. The van der Waals surface area contributed by atoms with Gasteiger partial charge in [-0.15, -0.1) is 0 Å². The summed E-state index contributed by atoms with van der Waals surface area (Å²) in [5, 5.41) is 3.34. The van der Waals surface area contributed by atoms with Crippen LogP contribution in [-0.2, 0) is 9.53 Å². The van der Waals surface area contributed by atoms with Crippen molar-refractivity contribution in [1.29, 1.82) is 0 Å². The number of hydrogen-bond acceptors (Lipinski definition) is 4. The van der Waals surface area contributed by atoms with E-state index in [1.165, 1.54) is 0 Å². The van der Waals surface area contributed by atoms with Crippen molar-refractivity contribution in [2.75, 3.05) is 39.3 Å². The summed E-state index contributed by atoms with van der Waals surface area (Å²) >= 11 is 0. The lowest BCUT2D eigenvalue weighted by Crippen LogP contribution is -2.43. The molecule has 1 unspecified atom stereocenters. The smallest absolute Gasteiger partial charge is 0.148 e. The minimum Gasteiger partial charge on any atom is -0.371 e. The molecular formula is C13H26N2O2.